The summed E-state index contributed by atoms with van der Waals surface area (Å²) in [5.41, 5.74) is -0.442. The number of nitriles is 1. The average Bonchev–Trinajstić information content (AvgIpc) is 3.34. The van der Waals surface area contributed by atoms with E-state index in [0.29, 0.717) is 54.1 Å². The number of nitrogens with zero attached hydrogens (tertiary/aromatic N) is 5. The van der Waals surface area contributed by atoms with Gasteiger partial charge in [0.05, 0.1) is 35.7 Å². The molecule has 1 amide bonds. The van der Waals surface area contributed by atoms with Gasteiger partial charge in [0.25, 0.3) is 0 Å². The molecule has 3 aromatic rings. The van der Waals surface area contributed by atoms with Gasteiger partial charge >= 0.3 is 12.1 Å². The van der Waals surface area contributed by atoms with Crippen LogP contribution in [0, 0.1) is 11.3 Å². The van der Waals surface area contributed by atoms with Crippen molar-refractivity contribution in [2.75, 3.05) is 31.2 Å². The van der Waals surface area contributed by atoms with Crippen LogP contribution in [0.1, 0.15) is 59.9 Å². The highest BCUT2D eigenvalue weighted by atomic mass is 16.6. The first-order valence-corrected chi connectivity index (χ1v) is 13.9. The molecule has 3 aromatic heterocycles. The van der Waals surface area contributed by atoms with E-state index in [0.717, 1.165) is 5.56 Å². The minimum absolute atomic E-state index is 0.0759. The maximum absolute atomic E-state index is 13.0. The van der Waals surface area contributed by atoms with E-state index in [1.165, 1.54) is 6.20 Å². The van der Waals surface area contributed by atoms with E-state index in [1.54, 1.807) is 64.5 Å². The van der Waals surface area contributed by atoms with E-state index in [-0.39, 0.29) is 13.2 Å². The summed E-state index contributed by atoms with van der Waals surface area (Å²) in [7, 11) is 0. The number of anilines is 1. The third-order valence-corrected chi connectivity index (χ3v) is 6.71. The first-order valence-electron chi connectivity index (χ1n) is 13.9. The lowest BCUT2D eigenvalue weighted by Gasteiger charge is -2.40. The minimum Gasteiger partial charge on any atom is -0.489 e. The van der Waals surface area contributed by atoms with Crippen LogP contribution in [0.25, 0.3) is 16.6 Å². The largest absolute Gasteiger partial charge is 0.489 e. The summed E-state index contributed by atoms with van der Waals surface area (Å²) < 4.78 is 18.1. The number of ether oxygens (including phenoxy) is 3. The molecule has 224 valence electrons. The highest BCUT2D eigenvalue weighted by Crippen LogP contribution is 2.33. The van der Waals surface area contributed by atoms with Crippen molar-refractivity contribution in [1.82, 2.24) is 19.9 Å². The number of hydrogen-bond acceptors (Lipinski definition) is 10. The summed E-state index contributed by atoms with van der Waals surface area (Å²) >= 11 is 0. The molecule has 0 unspecified atom stereocenters. The zero-order valence-corrected chi connectivity index (χ0v) is 24.9. The molecule has 0 aliphatic carbocycles. The van der Waals surface area contributed by atoms with E-state index >= 15 is 0 Å². The van der Waals surface area contributed by atoms with Gasteiger partial charge in [0.1, 0.15) is 35.4 Å². The van der Waals surface area contributed by atoms with Crippen LogP contribution in [0.3, 0.4) is 0 Å². The molecule has 0 atom stereocenters. The Balaban J connectivity index is 1.55. The maximum atomic E-state index is 13.0. The van der Waals surface area contributed by atoms with Crippen LogP contribution >= 0.6 is 0 Å². The van der Waals surface area contributed by atoms with Crippen LogP contribution < -0.4 is 15.0 Å². The van der Waals surface area contributed by atoms with Gasteiger partial charge in [-0.2, -0.15) is 10.4 Å². The topological polar surface area (TPSA) is 151 Å². The monoisotopic (exact) mass is 578 g/mol. The van der Waals surface area contributed by atoms with E-state index in [2.05, 4.69) is 21.5 Å². The standard InChI is InChI=1S/C30H38N6O6/c1-7-40-26(37)30(34-27(38)42-28(2,3)4)10-12-35(13-11-30)24-9-8-20(16-32-24)23-14-22(41-19-29(5,6)39)18-36-25(23)21(15-31)17-33-36/h8-9,14,16-18,39H,7,10-13,19H2,1-6H3,(H,34,38). The van der Waals surface area contributed by atoms with Gasteiger partial charge in [-0.15, -0.1) is 0 Å². The van der Waals surface area contributed by atoms with Crippen molar-refractivity contribution in [3.05, 3.63) is 42.4 Å². The second-order valence-corrected chi connectivity index (χ2v) is 12.0. The Morgan fingerprint density at radius 3 is 2.45 bits per heavy atom. The molecule has 1 aliphatic rings. The van der Waals surface area contributed by atoms with Gasteiger partial charge in [0.2, 0.25) is 0 Å². The van der Waals surface area contributed by atoms with Crippen molar-refractivity contribution in [2.45, 2.75) is 71.1 Å². The smallest absolute Gasteiger partial charge is 0.408 e. The summed E-state index contributed by atoms with van der Waals surface area (Å²) in [5, 5.41) is 26.8. The Labute approximate surface area is 245 Å². The second-order valence-electron chi connectivity index (χ2n) is 12.0. The molecule has 4 rings (SSSR count). The number of fused-ring (bicyclic) bond motifs is 1. The Morgan fingerprint density at radius 2 is 1.88 bits per heavy atom. The second kappa shape index (κ2) is 11.9. The number of rotatable bonds is 8. The van der Waals surface area contributed by atoms with Gasteiger partial charge in [0, 0.05) is 30.4 Å². The lowest BCUT2D eigenvalue weighted by molar-refractivity contribution is -0.152. The van der Waals surface area contributed by atoms with Crippen molar-refractivity contribution in [2.24, 2.45) is 0 Å². The van der Waals surface area contributed by atoms with Crippen LogP contribution in [0.2, 0.25) is 0 Å². The lowest BCUT2D eigenvalue weighted by atomic mass is 9.87. The first-order chi connectivity index (χ1) is 19.7. The Morgan fingerprint density at radius 1 is 1.17 bits per heavy atom. The van der Waals surface area contributed by atoms with Crippen molar-refractivity contribution < 1.29 is 28.9 Å². The SMILES string of the molecule is CCOC(=O)C1(NC(=O)OC(C)(C)C)CCN(c2ccc(-c3cc(OCC(C)(C)O)cn4ncc(C#N)c34)cn2)CC1. The number of nitrogens with one attached hydrogen (secondary N) is 1. The average molecular weight is 579 g/mol. The zero-order chi connectivity index (χ0) is 30.7. The van der Waals surface area contributed by atoms with Gasteiger partial charge in [-0.25, -0.2) is 19.1 Å². The Bertz CT molecular complexity index is 1470. The van der Waals surface area contributed by atoms with Crippen molar-refractivity contribution in [3.63, 3.8) is 0 Å². The van der Waals surface area contributed by atoms with Crippen LogP contribution in [-0.4, -0.2) is 74.8 Å². The fourth-order valence-corrected chi connectivity index (χ4v) is 4.74. The summed E-state index contributed by atoms with van der Waals surface area (Å²) in [6, 6.07) is 7.76. The predicted molar refractivity (Wildman–Crippen MR) is 155 cm³/mol. The number of piperidine rings is 1. The quantitative estimate of drug-likeness (QED) is 0.377. The number of aliphatic hydroxyl groups is 1. The summed E-state index contributed by atoms with van der Waals surface area (Å²) in [6.07, 6.45) is 4.85. The van der Waals surface area contributed by atoms with Gasteiger partial charge in [-0.1, -0.05) is 0 Å². The zero-order valence-electron chi connectivity index (χ0n) is 24.9. The molecule has 0 radical (unpaired) electrons. The van der Waals surface area contributed by atoms with Gasteiger partial charge in [-0.3, -0.25) is 0 Å². The maximum Gasteiger partial charge on any atom is 0.408 e. The Hall–Kier alpha value is -4.37. The summed E-state index contributed by atoms with van der Waals surface area (Å²) in [5.74, 6) is 0.705. The number of esters is 1. The number of aromatic nitrogens is 3. The van der Waals surface area contributed by atoms with Gasteiger partial charge in [0.15, 0.2) is 0 Å². The number of hydrogen-bond donors (Lipinski definition) is 2. The number of pyridine rings is 2. The third kappa shape index (κ3) is 7.09. The third-order valence-electron chi connectivity index (χ3n) is 6.71. The Kier molecular flexibility index (Phi) is 8.63. The van der Waals surface area contributed by atoms with Gasteiger partial charge < -0.3 is 29.5 Å². The first kappa shape index (κ1) is 30.6. The van der Waals surface area contributed by atoms with Crippen molar-refractivity contribution in [3.8, 4) is 22.9 Å². The molecule has 12 heteroatoms. The van der Waals surface area contributed by atoms with Gasteiger partial charge in [-0.05, 0) is 72.6 Å². The molecule has 1 aliphatic heterocycles. The van der Waals surface area contributed by atoms with Crippen LogP contribution in [0.4, 0.5) is 10.6 Å². The number of carbonyl (C=O) groups excluding carboxylic acids is 2. The van der Waals surface area contributed by atoms with E-state index in [1.807, 2.05) is 17.0 Å². The molecule has 42 heavy (non-hydrogen) atoms. The number of amides is 1. The molecule has 0 spiro atoms. The molecule has 12 nitrogen and oxygen atoms in total. The number of alkyl carbamates (subject to hydrolysis) is 1. The highest BCUT2D eigenvalue weighted by molar-refractivity contribution is 5.87. The lowest BCUT2D eigenvalue weighted by Crippen LogP contribution is -2.61. The predicted octanol–water partition coefficient (Wildman–Crippen LogP) is 3.84. The van der Waals surface area contributed by atoms with Crippen LogP contribution in [0.15, 0.2) is 36.8 Å². The summed E-state index contributed by atoms with van der Waals surface area (Å²) in [4.78, 5) is 32.3. The molecule has 0 saturated carbocycles. The molecular formula is C30H38N6O6. The molecule has 2 N–H and O–H groups in total. The molecule has 0 aromatic carbocycles. The number of carbonyl (C=O) groups is 2. The molecule has 1 saturated heterocycles. The molecule has 1 fully saturated rings. The molecule has 4 heterocycles. The van der Waals surface area contributed by atoms with E-state index in [9.17, 15) is 20.0 Å². The fourth-order valence-electron chi connectivity index (χ4n) is 4.74. The van der Waals surface area contributed by atoms with E-state index < -0.39 is 28.8 Å². The van der Waals surface area contributed by atoms with Crippen LogP contribution in [0.5, 0.6) is 5.75 Å². The highest BCUT2D eigenvalue weighted by Gasteiger charge is 2.45. The fraction of sp³-hybridized carbons (Fsp3) is 0.500. The van der Waals surface area contributed by atoms with Crippen molar-refractivity contribution >= 4 is 23.4 Å². The van der Waals surface area contributed by atoms with Crippen LogP contribution in [-0.2, 0) is 14.3 Å². The molecule has 0 bridgehead atoms. The molecular weight excluding hydrogens is 540 g/mol. The van der Waals surface area contributed by atoms with E-state index in [4.69, 9.17) is 14.2 Å². The normalized spacial score (nSPS) is 15.1. The van der Waals surface area contributed by atoms with Crippen molar-refractivity contribution in [1.29, 1.82) is 5.26 Å². The minimum atomic E-state index is -1.19. The summed E-state index contributed by atoms with van der Waals surface area (Å²) in [6.45, 7) is 11.5.